The highest BCUT2D eigenvalue weighted by molar-refractivity contribution is 7.13. The number of rotatable bonds is 4. The molecular weight excluding hydrogens is 194 g/mol. The molecule has 14 heavy (non-hydrogen) atoms. The van der Waals surface area contributed by atoms with Crippen LogP contribution in [0, 0.1) is 0 Å². The van der Waals surface area contributed by atoms with E-state index in [2.05, 4.69) is 22.1 Å². The average Bonchev–Trinajstić information content (AvgIpc) is 2.86. The van der Waals surface area contributed by atoms with E-state index < -0.39 is 0 Å². The summed E-state index contributed by atoms with van der Waals surface area (Å²) in [6.07, 6.45) is 4.51. The molecule has 1 aliphatic heterocycles. The normalized spacial score (nSPS) is 21.4. The van der Waals surface area contributed by atoms with E-state index in [0.717, 1.165) is 18.2 Å². The number of nitrogens with one attached hydrogen (secondary N) is 1. The van der Waals surface area contributed by atoms with Crippen LogP contribution in [0.25, 0.3) is 0 Å². The number of hydrogen-bond acceptors (Lipinski definition) is 4. The molecule has 3 nitrogen and oxygen atoms in total. The van der Waals surface area contributed by atoms with E-state index in [1.54, 1.807) is 11.3 Å². The van der Waals surface area contributed by atoms with Crippen molar-refractivity contribution < 1.29 is 0 Å². The number of likely N-dealkylation sites (N-methyl/N-ethyl adjacent to an activating group) is 1. The summed E-state index contributed by atoms with van der Waals surface area (Å²) in [6, 6.07) is 0.666. The molecule has 0 spiro atoms. The molecule has 1 fully saturated rings. The Hall–Kier alpha value is -0.610. The van der Waals surface area contributed by atoms with E-state index in [9.17, 15) is 0 Å². The maximum Gasteiger partial charge on any atom is 0.185 e. The van der Waals surface area contributed by atoms with Crippen LogP contribution in [0.3, 0.4) is 0 Å². The van der Waals surface area contributed by atoms with Crippen molar-refractivity contribution in [2.45, 2.75) is 25.8 Å². The molecule has 0 amide bonds. The fraction of sp³-hybridized carbons (Fsp3) is 0.700. The van der Waals surface area contributed by atoms with Crippen molar-refractivity contribution in [1.82, 2.24) is 10.3 Å². The van der Waals surface area contributed by atoms with Gasteiger partial charge in [0.1, 0.15) is 0 Å². The SMILES string of the molecule is CCN(CC1CCCN1)c1nccs1. The molecule has 4 heteroatoms. The van der Waals surface area contributed by atoms with Gasteiger partial charge in [-0.1, -0.05) is 0 Å². The molecule has 2 heterocycles. The molecule has 1 aromatic rings. The van der Waals surface area contributed by atoms with Crippen LogP contribution in [-0.2, 0) is 0 Å². The molecule has 1 N–H and O–H groups in total. The smallest absolute Gasteiger partial charge is 0.185 e. The van der Waals surface area contributed by atoms with Crippen LogP contribution in [-0.4, -0.2) is 30.7 Å². The second-order valence-corrected chi connectivity index (χ2v) is 4.52. The largest absolute Gasteiger partial charge is 0.347 e. The van der Waals surface area contributed by atoms with Gasteiger partial charge in [-0.25, -0.2) is 4.98 Å². The van der Waals surface area contributed by atoms with Crippen LogP contribution in [0.15, 0.2) is 11.6 Å². The number of anilines is 1. The predicted molar refractivity (Wildman–Crippen MR) is 61.0 cm³/mol. The standard InChI is InChI=1S/C10H17N3S/c1-2-13(10-12-6-7-14-10)8-9-4-3-5-11-9/h6-7,9,11H,2-5,8H2,1H3. The molecule has 1 aromatic heterocycles. The maximum atomic E-state index is 4.35. The zero-order valence-corrected chi connectivity index (χ0v) is 9.39. The third-order valence-corrected chi connectivity index (χ3v) is 3.51. The monoisotopic (exact) mass is 211 g/mol. The Kier molecular flexibility index (Phi) is 3.37. The van der Waals surface area contributed by atoms with Crippen LogP contribution >= 0.6 is 11.3 Å². The lowest BCUT2D eigenvalue weighted by atomic mass is 10.2. The summed E-state index contributed by atoms with van der Waals surface area (Å²) in [5, 5.41) is 6.71. The summed E-state index contributed by atoms with van der Waals surface area (Å²) in [6.45, 7) is 5.52. The molecule has 78 valence electrons. The number of aromatic nitrogens is 1. The third-order valence-electron chi connectivity index (χ3n) is 2.67. The van der Waals surface area contributed by atoms with Crippen LogP contribution < -0.4 is 10.2 Å². The molecule has 0 radical (unpaired) electrons. The van der Waals surface area contributed by atoms with Crippen LogP contribution in [0.2, 0.25) is 0 Å². The van der Waals surface area contributed by atoms with Crippen molar-refractivity contribution in [1.29, 1.82) is 0 Å². The first-order valence-electron chi connectivity index (χ1n) is 5.28. The fourth-order valence-electron chi connectivity index (χ4n) is 1.89. The Morgan fingerprint density at radius 2 is 2.64 bits per heavy atom. The molecular formula is C10H17N3S. The van der Waals surface area contributed by atoms with Crippen molar-refractivity contribution in [2.75, 3.05) is 24.5 Å². The topological polar surface area (TPSA) is 28.2 Å². The van der Waals surface area contributed by atoms with Crippen molar-refractivity contribution in [3.8, 4) is 0 Å². The van der Waals surface area contributed by atoms with E-state index in [1.165, 1.54) is 19.4 Å². The van der Waals surface area contributed by atoms with Gasteiger partial charge >= 0.3 is 0 Å². The Bertz CT molecular complexity index is 254. The number of hydrogen-bond donors (Lipinski definition) is 1. The van der Waals surface area contributed by atoms with Crippen LogP contribution in [0.5, 0.6) is 0 Å². The Morgan fingerprint density at radius 3 is 3.21 bits per heavy atom. The fourth-order valence-corrected chi connectivity index (χ4v) is 2.61. The number of thiazole rings is 1. The molecule has 1 atom stereocenters. The minimum atomic E-state index is 0.666. The minimum absolute atomic E-state index is 0.666. The minimum Gasteiger partial charge on any atom is -0.347 e. The lowest BCUT2D eigenvalue weighted by molar-refractivity contribution is 0.586. The molecule has 1 unspecified atom stereocenters. The molecule has 1 aliphatic rings. The zero-order chi connectivity index (χ0) is 9.80. The van der Waals surface area contributed by atoms with Gasteiger partial charge in [-0.2, -0.15) is 0 Å². The summed E-state index contributed by atoms with van der Waals surface area (Å²) < 4.78 is 0. The zero-order valence-electron chi connectivity index (χ0n) is 8.57. The summed E-state index contributed by atoms with van der Waals surface area (Å²) in [7, 11) is 0. The first kappa shape index (κ1) is 9.93. The molecule has 1 saturated heterocycles. The van der Waals surface area contributed by atoms with Gasteiger partial charge in [0.25, 0.3) is 0 Å². The van der Waals surface area contributed by atoms with Gasteiger partial charge in [-0.15, -0.1) is 11.3 Å². The molecule has 2 rings (SSSR count). The van der Waals surface area contributed by atoms with Crippen molar-refractivity contribution >= 4 is 16.5 Å². The number of nitrogens with zero attached hydrogens (tertiary/aromatic N) is 2. The average molecular weight is 211 g/mol. The first-order chi connectivity index (χ1) is 6.90. The highest BCUT2D eigenvalue weighted by atomic mass is 32.1. The van der Waals surface area contributed by atoms with Crippen LogP contribution in [0.4, 0.5) is 5.13 Å². The van der Waals surface area contributed by atoms with Gasteiger partial charge in [0.15, 0.2) is 5.13 Å². The Balaban J connectivity index is 1.93. The summed E-state index contributed by atoms with van der Waals surface area (Å²) in [5.41, 5.74) is 0. The highest BCUT2D eigenvalue weighted by Crippen LogP contribution is 2.18. The molecule has 0 bridgehead atoms. The van der Waals surface area contributed by atoms with E-state index in [4.69, 9.17) is 0 Å². The van der Waals surface area contributed by atoms with Crippen LogP contribution in [0.1, 0.15) is 19.8 Å². The predicted octanol–water partition coefficient (Wildman–Crippen LogP) is 1.72. The lowest BCUT2D eigenvalue weighted by Gasteiger charge is -2.23. The van der Waals surface area contributed by atoms with E-state index >= 15 is 0 Å². The molecule has 0 saturated carbocycles. The lowest BCUT2D eigenvalue weighted by Crippen LogP contribution is -2.37. The first-order valence-corrected chi connectivity index (χ1v) is 6.16. The van der Waals surface area contributed by atoms with Gasteiger partial charge in [0, 0.05) is 30.7 Å². The molecule has 0 aliphatic carbocycles. The van der Waals surface area contributed by atoms with Crippen molar-refractivity contribution in [2.24, 2.45) is 0 Å². The second-order valence-electron chi connectivity index (χ2n) is 3.65. The van der Waals surface area contributed by atoms with Crippen molar-refractivity contribution in [3.05, 3.63) is 11.6 Å². The third kappa shape index (κ3) is 2.25. The van der Waals surface area contributed by atoms with Gasteiger partial charge in [-0.05, 0) is 26.3 Å². The maximum absolute atomic E-state index is 4.35. The highest BCUT2D eigenvalue weighted by Gasteiger charge is 2.18. The van der Waals surface area contributed by atoms with Gasteiger partial charge in [0.05, 0.1) is 0 Å². The van der Waals surface area contributed by atoms with E-state index in [-0.39, 0.29) is 0 Å². The van der Waals surface area contributed by atoms with Crippen molar-refractivity contribution in [3.63, 3.8) is 0 Å². The molecule has 0 aromatic carbocycles. The van der Waals surface area contributed by atoms with E-state index in [0.29, 0.717) is 6.04 Å². The summed E-state index contributed by atoms with van der Waals surface area (Å²) >= 11 is 1.73. The Morgan fingerprint density at radius 1 is 1.71 bits per heavy atom. The quantitative estimate of drug-likeness (QED) is 0.822. The van der Waals surface area contributed by atoms with Gasteiger partial charge in [-0.3, -0.25) is 0 Å². The summed E-state index contributed by atoms with van der Waals surface area (Å²) in [5.74, 6) is 0. The van der Waals surface area contributed by atoms with E-state index in [1.807, 2.05) is 11.6 Å². The summed E-state index contributed by atoms with van der Waals surface area (Å²) in [4.78, 5) is 6.70. The van der Waals surface area contributed by atoms with Gasteiger partial charge in [0.2, 0.25) is 0 Å². The Labute approximate surface area is 89.1 Å². The van der Waals surface area contributed by atoms with Gasteiger partial charge < -0.3 is 10.2 Å². The second kappa shape index (κ2) is 4.75.